The van der Waals surface area contributed by atoms with Gasteiger partial charge in [-0.2, -0.15) is 0 Å². The Labute approximate surface area is 146 Å². The van der Waals surface area contributed by atoms with Gasteiger partial charge in [0, 0.05) is 24.8 Å². The van der Waals surface area contributed by atoms with Crippen LogP contribution in [0.3, 0.4) is 0 Å². The van der Waals surface area contributed by atoms with Crippen molar-refractivity contribution in [2.24, 2.45) is 0 Å². The second-order valence-electron chi connectivity index (χ2n) is 6.27. The fourth-order valence-electron chi connectivity index (χ4n) is 3.26. The number of carbonyl (C=O) groups excluding carboxylic acids is 1. The van der Waals surface area contributed by atoms with Gasteiger partial charge in [0.25, 0.3) is 5.91 Å². The fraction of sp³-hybridized carbons (Fsp3) is 0.353. The highest BCUT2D eigenvalue weighted by Crippen LogP contribution is 2.32. The molecular formula is C17H19N3O4S. The minimum absolute atomic E-state index is 0.0550. The third-order valence-electron chi connectivity index (χ3n) is 4.59. The van der Waals surface area contributed by atoms with Gasteiger partial charge in [0.05, 0.1) is 6.04 Å². The Morgan fingerprint density at radius 3 is 2.80 bits per heavy atom. The lowest BCUT2D eigenvalue weighted by molar-refractivity contribution is 0.0787. The van der Waals surface area contributed by atoms with Crippen molar-refractivity contribution < 1.29 is 17.9 Å². The number of aromatic amines is 1. The molecule has 3 heterocycles. The molecule has 2 N–H and O–H groups in total. The maximum Gasteiger partial charge on any atom is 0.270 e. The second kappa shape index (κ2) is 6.20. The molecule has 0 unspecified atom stereocenters. The van der Waals surface area contributed by atoms with E-state index in [2.05, 4.69) is 9.71 Å². The summed E-state index contributed by atoms with van der Waals surface area (Å²) in [6, 6.07) is 8.30. The maximum atomic E-state index is 12.6. The first-order valence-electron chi connectivity index (χ1n) is 8.26. The molecule has 1 saturated heterocycles. The van der Waals surface area contributed by atoms with Crippen molar-refractivity contribution in [3.8, 4) is 5.75 Å². The molecule has 2 aliphatic heterocycles. The minimum atomic E-state index is -3.75. The van der Waals surface area contributed by atoms with E-state index in [9.17, 15) is 13.2 Å². The third-order valence-corrected chi connectivity index (χ3v) is 6.04. The molecule has 4 rings (SSSR count). The van der Waals surface area contributed by atoms with Crippen molar-refractivity contribution in [1.82, 2.24) is 14.6 Å². The van der Waals surface area contributed by atoms with Crippen LogP contribution >= 0.6 is 0 Å². The zero-order valence-corrected chi connectivity index (χ0v) is 14.4. The summed E-state index contributed by atoms with van der Waals surface area (Å²) < 4.78 is 33.4. The Balaban J connectivity index is 1.52. The number of fused-ring (bicyclic) bond motifs is 1. The van der Waals surface area contributed by atoms with Crippen LogP contribution in [0, 0.1) is 0 Å². The zero-order valence-electron chi connectivity index (χ0n) is 13.6. The monoisotopic (exact) mass is 361 g/mol. The van der Waals surface area contributed by atoms with Gasteiger partial charge in [-0.1, -0.05) is 18.2 Å². The summed E-state index contributed by atoms with van der Waals surface area (Å²) in [5.41, 5.74) is 1.11. The highest BCUT2D eigenvalue weighted by Gasteiger charge is 2.30. The number of nitrogens with zero attached hydrogens (tertiary/aromatic N) is 1. The van der Waals surface area contributed by atoms with Crippen LogP contribution in [0.2, 0.25) is 0 Å². The average Bonchev–Trinajstić information content (AvgIpc) is 3.35. The summed E-state index contributed by atoms with van der Waals surface area (Å²) in [6.45, 7) is 1.69. The number of H-pyrrole nitrogens is 1. The van der Waals surface area contributed by atoms with E-state index in [-0.39, 0.29) is 17.4 Å². The van der Waals surface area contributed by atoms with Crippen molar-refractivity contribution in [3.05, 3.63) is 47.8 Å². The highest BCUT2D eigenvalue weighted by atomic mass is 32.2. The molecule has 25 heavy (non-hydrogen) atoms. The van der Waals surface area contributed by atoms with Gasteiger partial charge in [-0.05, 0) is 25.0 Å². The second-order valence-corrected chi connectivity index (χ2v) is 7.99. The van der Waals surface area contributed by atoms with Gasteiger partial charge in [0.2, 0.25) is 10.0 Å². The maximum absolute atomic E-state index is 12.6. The van der Waals surface area contributed by atoms with Crippen molar-refractivity contribution in [1.29, 1.82) is 0 Å². The van der Waals surface area contributed by atoms with Crippen molar-refractivity contribution in [2.45, 2.75) is 23.8 Å². The number of amides is 1. The Bertz CT molecular complexity index is 900. The summed E-state index contributed by atoms with van der Waals surface area (Å²) in [5, 5.41) is 0. The molecule has 1 atom stereocenters. The Kier molecular flexibility index (Phi) is 4.01. The summed E-state index contributed by atoms with van der Waals surface area (Å²) in [5.74, 6) is 0.530. The lowest BCUT2D eigenvalue weighted by atomic mass is 10.1. The molecular weight excluding hydrogens is 342 g/mol. The molecule has 0 aliphatic carbocycles. The van der Waals surface area contributed by atoms with Gasteiger partial charge < -0.3 is 14.6 Å². The van der Waals surface area contributed by atoms with E-state index >= 15 is 0 Å². The standard InChI is InChI=1S/C17H19N3O4S/c21-17(20-7-3-4-8-20)14-9-12(10-18-14)25(22,23)19-15-11-24-16-6-2-1-5-13(15)16/h1-2,5-6,9-10,15,18-19H,3-4,7-8,11H2/t15-/m1/s1. The van der Waals surface area contributed by atoms with E-state index in [1.54, 1.807) is 4.90 Å². The number of sulfonamides is 1. The number of nitrogens with one attached hydrogen (secondary N) is 2. The topological polar surface area (TPSA) is 91.5 Å². The Hall–Kier alpha value is -2.32. The first-order valence-corrected chi connectivity index (χ1v) is 9.75. The number of aromatic nitrogens is 1. The molecule has 2 aromatic rings. The molecule has 0 saturated carbocycles. The van der Waals surface area contributed by atoms with E-state index in [0.29, 0.717) is 24.5 Å². The van der Waals surface area contributed by atoms with Crippen LogP contribution in [0.1, 0.15) is 34.9 Å². The molecule has 1 aromatic carbocycles. The van der Waals surface area contributed by atoms with E-state index in [4.69, 9.17) is 4.74 Å². The van der Waals surface area contributed by atoms with Crippen molar-refractivity contribution >= 4 is 15.9 Å². The predicted octanol–water partition coefficient (Wildman–Crippen LogP) is 1.66. The van der Waals surface area contributed by atoms with Crippen LogP contribution in [-0.2, 0) is 10.0 Å². The van der Waals surface area contributed by atoms with E-state index in [1.807, 2.05) is 24.3 Å². The van der Waals surface area contributed by atoms with Crippen LogP contribution < -0.4 is 9.46 Å². The number of hydrogen-bond donors (Lipinski definition) is 2. The highest BCUT2D eigenvalue weighted by molar-refractivity contribution is 7.89. The first kappa shape index (κ1) is 16.2. The summed E-state index contributed by atoms with van der Waals surface area (Å²) in [6.07, 6.45) is 3.33. The number of likely N-dealkylation sites (tertiary alicyclic amines) is 1. The number of ether oxygens (including phenoxy) is 1. The van der Waals surface area contributed by atoms with Crippen LogP contribution in [-0.4, -0.2) is 43.9 Å². The zero-order chi connectivity index (χ0) is 17.4. The molecule has 8 heteroatoms. The number of rotatable bonds is 4. The third kappa shape index (κ3) is 3.03. The van der Waals surface area contributed by atoms with Gasteiger partial charge in [-0.15, -0.1) is 0 Å². The van der Waals surface area contributed by atoms with Gasteiger partial charge >= 0.3 is 0 Å². The molecule has 1 fully saturated rings. The van der Waals surface area contributed by atoms with Crippen LogP contribution in [0.4, 0.5) is 0 Å². The molecule has 132 valence electrons. The smallest absolute Gasteiger partial charge is 0.270 e. The minimum Gasteiger partial charge on any atom is -0.491 e. The largest absolute Gasteiger partial charge is 0.491 e. The fourth-order valence-corrected chi connectivity index (χ4v) is 4.45. The average molecular weight is 361 g/mol. The number of carbonyl (C=O) groups is 1. The number of hydrogen-bond acceptors (Lipinski definition) is 4. The normalized spacial score (nSPS) is 19.7. The molecule has 1 aromatic heterocycles. The SMILES string of the molecule is O=C(c1cc(S(=O)(=O)N[C@@H]2COc3ccccc32)c[nH]1)N1CCCC1. The lowest BCUT2D eigenvalue weighted by Gasteiger charge is -2.13. The number of para-hydroxylation sites is 1. The van der Waals surface area contributed by atoms with Crippen molar-refractivity contribution in [3.63, 3.8) is 0 Å². The summed E-state index contributed by atoms with van der Waals surface area (Å²) >= 11 is 0. The molecule has 2 aliphatic rings. The quantitative estimate of drug-likeness (QED) is 0.866. The van der Waals surface area contributed by atoms with Crippen LogP contribution in [0.25, 0.3) is 0 Å². The van der Waals surface area contributed by atoms with Gasteiger partial charge in [-0.3, -0.25) is 4.79 Å². The van der Waals surface area contributed by atoms with Crippen molar-refractivity contribution in [2.75, 3.05) is 19.7 Å². The van der Waals surface area contributed by atoms with E-state index in [0.717, 1.165) is 18.4 Å². The van der Waals surface area contributed by atoms with E-state index < -0.39 is 16.1 Å². The Morgan fingerprint density at radius 1 is 1.24 bits per heavy atom. The molecule has 1 amide bonds. The van der Waals surface area contributed by atoms with Gasteiger partial charge in [0.1, 0.15) is 22.9 Å². The Morgan fingerprint density at radius 2 is 2.00 bits per heavy atom. The molecule has 0 bridgehead atoms. The van der Waals surface area contributed by atoms with E-state index in [1.165, 1.54) is 12.3 Å². The first-order chi connectivity index (χ1) is 12.0. The lowest BCUT2D eigenvalue weighted by Crippen LogP contribution is -2.29. The molecule has 7 nitrogen and oxygen atoms in total. The van der Waals surface area contributed by atoms with Crippen LogP contribution in [0.15, 0.2) is 41.4 Å². The summed E-state index contributed by atoms with van der Waals surface area (Å²) in [7, 11) is -3.75. The number of benzene rings is 1. The van der Waals surface area contributed by atoms with Crippen LogP contribution in [0.5, 0.6) is 5.75 Å². The van der Waals surface area contributed by atoms with Gasteiger partial charge in [-0.25, -0.2) is 13.1 Å². The predicted molar refractivity (Wildman–Crippen MR) is 90.9 cm³/mol. The van der Waals surface area contributed by atoms with Gasteiger partial charge in [0.15, 0.2) is 0 Å². The summed E-state index contributed by atoms with van der Waals surface area (Å²) in [4.78, 5) is 16.9. The molecule has 0 spiro atoms. The molecule has 0 radical (unpaired) electrons.